The molecule has 0 unspecified atom stereocenters. The topological polar surface area (TPSA) is 18.5 Å². The van der Waals surface area contributed by atoms with Gasteiger partial charge in [-0.25, -0.2) is 0 Å². The maximum Gasteiger partial charge on any atom is 0.303 e. The number of halogens is 1. The van der Waals surface area contributed by atoms with E-state index in [1.165, 1.54) is 5.54 Å². The zero-order chi connectivity index (χ0) is 6.83. The van der Waals surface area contributed by atoms with Gasteiger partial charge < -0.3 is 8.85 Å². The number of hydrogen-bond donors (Lipinski definition) is 0. The van der Waals surface area contributed by atoms with Crippen LogP contribution < -0.4 is 0 Å². The molecule has 0 saturated heterocycles. The van der Waals surface area contributed by atoms with Gasteiger partial charge in [0.1, 0.15) is 0 Å². The molecule has 50 valence electrons. The van der Waals surface area contributed by atoms with Gasteiger partial charge in [-0.1, -0.05) is 18.2 Å². The second-order valence-electron chi connectivity index (χ2n) is 0.850. The van der Waals surface area contributed by atoms with Crippen molar-refractivity contribution in [3.05, 3.63) is 12.1 Å². The van der Waals surface area contributed by atoms with Crippen LogP contribution in [0.5, 0.6) is 0 Å². The highest BCUT2D eigenvalue weighted by atomic mass is 35.5. The molecule has 0 heterocycles. The first-order valence-corrected chi connectivity index (χ1v) is 3.61. The third-order valence-corrected chi connectivity index (χ3v) is 0.707. The fraction of sp³-hybridized carbons (Fsp3) is 0.500. The zero-order valence-corrected chi connectivity index (χ0v) is 7.36. The third-order valence-electron chi connectivity index (χ3n) is 0.236. The monoisotopic (exact) mass is 154 g/mol. The van der Waals surface area contributed by atoms with Gasteiger partial charge in [-0.2, -0.15) is 0 Å². The molecule has 0 radical (unpaired) electrons. The van der Waals surface area contributed by atoms with E-state index in [4.69, 9.17) is 11.6 Å². The standard InChI is InChI=1S/C2H3Cl.C2H8O2Si/c1-2-3;1-3-5-4-2/h2H,1H2;5H2,1-2H3. The number of hydrogen-bond acceptors (Lipinski definition) is 2. The maximum absolute atomic E-state index is 4.76. The first-order valence-electron chi connectivity index (χ1n) is 2.02. The Morgan fingerprint density at radius 2 is 1.75 bits per heavy atom. The van der Waals surface area contributed by atoms with Crippen LogP contribution in [0.15, 0.2) is 12.1 Å². The van der Waals surface area contributed by atoms with Crippen molar-refractivity contribution in [2.45, 2.75) is 0 Å². The quantitative estimate of drug-likeness (QED) is 0.544. The van der Waals surface area contributed by atoms with Crippen LogP contribution in [0.4, 0.5) is 0 Å². The van der Waals surface area contributed by atoms with E-state index in [-0.39, 0.29) is 0 Å². The van der Waals surface area contributed by atoms with E-state index in [1.54, 1.807) is 14.2 Å². The van der Waals surface area contributed by atoms with Crippen molar-refractivity contribution >= 4 is 21.6 Å². The minimum absolute atomic E-state index is 0.568. The van der Waals surface area contributed by atoms with Crippen LogP contribution in [0.3, 0.4) is 0 Å². The lowest BCUT2D eigenvalue weighted by atomic mass is 11.3. The smallest absolute Gasteiger partial charge is 0.303 e. The lowest BCUT2D eigenvalue weighted by Gasteiger charge is -1.86. The molecule has 0 aliphatic rings. The summed E-state index contributed by atoms with van der Waals surface area (Å²) in [5, 5.41) is 0. The van der Waals surface area contributed by atoms with Gasteiger partial charge in [0.05, 0.1) is 0 Å². The van der Waals surface area contributed by atoms with Crippen molar-refractivity contribution in [3.63, 3.8) is 0 Å². The molecule has 0 fully saturated rings. The third kappa shape index (κ3) is 35.1. The van der Waals surface area contributed by atoms with Gasteiger partial charge in [0.2, 0.25) is 0 Å². The molecule has 0 aliphatic heterocycles. The van der Waals surface area contributed by atoms with Crippen molar-refractivity contribution in [1.82, 2.24) is 0 Å². The molecule has 0 atom stereocenters. The molecule has 0 bridgehead atoms. The summed E-state index contributed by atoms with van der Waals surface area (Å²) >= 11 is 4.76. The molecule has 0 N–H and O–H groups in total. The van der Waals surface area contributed by atoms with E-state index in [9.17, 15) is 0 Å². The van der Waals surface area contributed by atoms with Crippen molar-refractivity contribution in [1.29, 1.82) is 0 Å². The predicted molar refractivity (Wildman–Crippen MR) is 38.6 cm³/mol. The zero-order valence-electron chi connectivity index (χ0n) is 5.19. The Balaban J connectivity index is 0. The first kappa shape index (κ1) is 11.0. The SMILES string of the molecule is C=CCl.CO[SiH2]OC. The molecule has 0 saturated carbocycles. The van der Waals surface area contributed by atoms with Crippen molar-refractivity contribution in [3.8, 4) is 0 Å². The molecule has 0 rings (SSSR count). The molecule has 0 aliphatic carbocycles. The first-order chi connectivity index (χ1) is 3.83. The van der Waals surface area contributed by atoms with E-state index in [2.05, 4.69) is 15.4 Å². The summed E-state index contributed by atoms with van der Waals surface area (Å²) in [5.74, 6) is 0. The van der Waals surface area contributed by atoms with E-state index in [0.717, 1.165) is 0 Å². The van der Waals surface area contributed by atoms with Crippen LogP contribution in [0.25, 0.3) is 0 Å². The highest BCUT2D eigenvalue weighted by Crippen LogP contribution is 1.60. The second-order valence-corrected chi connectivity index (χ2v) is 2.55. The van der Waals surface area contributed by atoms with Crippen LogP contribution in [0.1, 0.15) is 0 Å². The average Bonchev–Trinajstić information content (AvgIpc) is 1.71. The Bertz CT molecular complexity index is 41.0. The summed E-state index contributed by atoms with van der Waals surface area (Å²) < 4.78 is 9.22. The molecule has 0 amide bonds. The Labute approximate surface area is 57.5 Å². The maximum atomic E-state index is 4.76. The Kier molecular flexibility index (Phi) is 21.6. The van der Waals surface area contributed by atoms with Crippen molar-refractivity contribution in [2.75, 3.05) is 14.2 Å². The Hall–Kier alpha value is 0.167. The lowest BCUT2D eigenvalue weighted by Crippen LogP contribution is -1.93. The summed E-state index contributed by atoms with van der Waals surface area (Å²) in [7, 11) is 2.73. The van der Waals surface area contributed by atoms with Gasteiger partial charge in [0.15, 0.2) is 0 Å². The summed E-state index contributed by atoms with van der Waals surface area (Å²) in [4.78, 5) is 0. The molecular formula is C4H11ClO2Si. The highest BCUT2D eigenvalue weighted by Gasteiger charge is 1.67. The molecule has 0 aromatic rings. The number of rotatable bonds is 2. The van der Waals surface area contributed by atoms with E-state index < -0.39 is 10.0 Å². The van der Waals surface area contributed by atoms with E-state index >= 15 is 0 Å². The highest BCUT2D eigenvalue weighted by molar-refractivity contribution is 6.25. The van der Waals surface area contributed by atoms with Crippen molar-refractivity contribution < 1.29 is 8.85 Å². The summed E-state index contributed by atoms with van der Waals surface area (Å²) in [5.41, 5.74) is 1.22. The Morgan fingerprint density at radius 1 is 1.50 bits per heavy atom. The van der Waals surface area contributed by atoms with Crippen LogP contribution in [-0.2, 0) is 8.85 Å². The van der Waals surface area contributed by atoms with E-state index in [1.807, 2.05) is 0 Å². The molecular weight excluding hydrogens is 144 g/mol. The van der Waals surface area contributed by atoms with E-state index in [0.29, 0.717) is 0 Å². The van der Waals surface area contributed by atoms with Crippen molar-refractivity contribution in [2.24, 2.45) is 0 Å². The van der Waals surface area contributed by atoms with Gasteiger partial charge >= 0.3 is 10.0 Å². The predicted octanol–water partition coefficient (Wildman–Crippen LogP) is 0.647. The Morgan fingerprint density at radius 3 is 1.75 bits per heavy atom. The minimum Gasteiger partial charge on any atom is -0.402 e. The van der Waals surface area contributed by atoms with Gasteiger partial charge in [-0.15, -0.1) is 0 Å². The summed E-state index contributed by atoms with van der Waals surface area (Å²) in [6.07, 6.45) is 0. The molecule has 0 aromatic carbocycles. The lowest BCUT2D eigenvalue weighted by molar-refractivity contribution is 0.309. The van der Waals surface area contributed by atoms with Gasteiger partial charge in [0, 0.05) is 14.2 Å². The average molecular weight is 155 g/mol. The van der Waals surface area contributed by atoms with Gasteiger partial charge in [-0.05, 0) is 5.54 Å². The van der Waals surface area contributed by atoms with Crippen LogP contribution >= 0.6 is 11.6 Å². The molecule has 0 spiro atoms. The van der Waals surface area contributed by atoms with Crippen LogP contribution in [-0.4, -0.2) is 24.2 Å². The largest absolute Gasteiger partial charge is 0.402 e. The summed E-state index contributed by atoms with van der Waals surface area (Å²) in [6.45, 7) is 3.13. The van der Waals surface area contributed by atoms with Crippen LogP contribution in [0, 0.1) is 0 Å². The normalized spacial score (nSPS) is 6.88. The fourth-order valence-electron chi connectivity index (χ4n) is 0.118. The van der Waals surface area contributed by atoms with Gasteiger partial charge in [-0.3, -0.25) is 0 Å². The second kappa shape index (κ2) is 15.7. The minimum atomic E-state index is -0.568. The molecule has 0 aromatic heterocycles. The molecule has 2 nitrogen and oxygen atoms in total. The molecule has 8 heavy (non-hydrogen) atoms. The molecule has 4 heteroatoms. The summed E-state index contributed by atoms with van der Waals surface area (Å²) in [6, 6.07) is 0. The van der Waals surface area contributed by atoms with Crippen LogP contribution in [0.2, 0.25) is 0 Å². The fourth-order valence-corrected chi connectivity index (χ4v) is 0.354. The van der Waals surface area contributed by atoms with Gasteiger partial charge in [0.25, 0.3) is 0 Å².